The normalized spacial score (nSPS) is 11.9. The molecule has 3 N–H and O–H groups in total. The van der Waals surface area contributed by atoms with Crippen molar-refractivity contribution in [2.45, 2.75) is 26.1 Å². The van der Waals surface area contributed by atoms with E-state index in [2.05, 4.69) is 15.3 Å². The van der Waals surface area contributed by atoms with Crippen molar-refractivity contribution >= 4 is 11.8 Å². The third-order valence-corrected chi connectivity index (χ3v) is 1.47. The zero-order chi connectivity index (χ0) is 11.6. The molecule has 0 fully saturated rings. The topological polar surface area (TPSA) is 63.8 Å². The Labute approximate surface area is 84.7 Å². The van der Waals surface area contributed by atoms with E-state index in [0.717, 1.165) is 6.07 Å². The van der Waals surface area contributed by atoms with E-state index < -0.39 is 17.8 Å². The number of aromatic nitrogens is 2. The zero-order valence-corrected chi connectivity index (χ0v) is 8.26. The summed E-state index contributed by atoms with van der Waals surface area (Å²) in [5.74, 6) is -0.321. The van der Waals surface area contributed by atoms with Gasteiger partial charge in [0.25, 0.3) is 0 Å². The van der Waals surface area contributed by atoms with Crippen LogP contribution >= 0.6 is 0 Å². The summed E-state index contributed by atoms with van der Waals surface area (Å²) in [6, 6.07) is 0.802. The Morgan fingerprint density at radius 2 is 1.93 bits per heavy atom. The lowest BCUT2D eigenvalue weighted by atomic mass is 10.3. The lowest BCUT2D eigenvalue weighted by molar-refractivity contribution is -0.141. The van der Waals surface area contributed by atoms with Crippen molar-refractivity contribution in [2.75, 3.05) is 11.1 Å². The molecule has 84 valence electrons. The van der Waals surface area contributed by atoms with Crippen molar-refractivity contribution in [2.24, 2.45) is 0 Å². The van der Waals surface area contributed by atoms with E-state index >= 15 is 0 Å². The van der Waals surface area contributed by atoms with Gasteiger partial charge >= 0.3 is 6.18 Å². The van der Waals surface area contributed by atoms with Gasteiger partial charge < -0.3 is 11.1 Å². The molecule has 15 heavy (non-hydrogen) atoms. The second kappa shape index (κ2) is 3.92. The summed E-state index contributed by atoms with van der Waals surface area (Å²) in [6.07, 6.45) is -4.51. The molecule has 0 amide bonds. The van der Waals surface area contributed by atoms with Gasteiger partial charge in [-0.15, -0.1) is 0 Å². The highest BCUT2D eigenvalue weighted by molar-refractivity contribution is 5.41. The fourth-order valence-corrected chi connectivity index (χ4v) is 0.981. The monoisotopic (exact) mass is 220 g/mol. The van der Waals surface area contributed by atoms with Gasteiger partial charge in [0.1, 0.15) is 5.82 Å². The predicted octanol–water partition coefficient (Wildman–Crippen LogP) is 1.90. The summed E-state index contributed by atoms with van der Waals surface area (Å²) in [5.41, 5.74) is 4.13. The van der Waals surface area contributed by atoms with Crippen LogP contribution in [-0.2, 0) is 6.18 Å². The van der Waals surface area contributed by atoms with Crippen LogP contribution in [0.5, 0.6) is 0 Å². The van der Waals surface area contributed by atoms with E-state index in [-0.39, 0.29) is 11.9 Å². The van der Waals surface area contributed by atoms with E-state index in [9.17, 15) is 13.2 Å². The number of anilines is 2. The van der Waals surface area contributed by atoms with E-state index in [1.807, 2.05) is 0 Å². The Bertz CT molecular complexity index is 348. The summed E-state index contributed by atoms with van der Waals surface area (Å²) in [4.78, 5) is 6.76. The van der Waals surface area contributed by atoms with Gasteiger partial charge in [0.05, 0.1) is 0 Å². The first-order valence-electron chi connectivity index (χ1n) is 4.27. The molecular weight excluding hydrogens is 209 g/mol. The van der Waals surface area contributed by atoms with Crippen LogP contribution in [0.15, 0.2) is 6.07 Å². The maximum atomic E-state index is 12.3. The van der Waals surface area contributed by atoms with Crippen LogP contribution in [0.2, 0.25) is 0 Å². The molecule has 0 saturated heterocycles. The molecule has 7 heteroatoms. The number of nitrogens with two attached hydrogens (primary N) is 1. The second-order valence-corrected chi connectivity index (χ2v) is 3.29. The maximum absolute atomic E-state index is 12.3. The number of nitrogens with zero attached hydrogens (tertiary/aromatic N) is 2. The van der Waals surface area contributed by atoms with Crippen molar-refractivity contribution in [1.82, 2.24) is 9.97 Å². The maximum Gasteiger partial charge on any atom is 0.433 e. The van der Waals surface area contributed by atoms with Gasteiger partial charge in [-0.25, -0.2) is 4.98 Å². The summed E-state index contributed by atoms with van der Waals surface area (Å²) >= 11 is 0. The second-order valence-electron chi connectivity index (χ2n) is 3.29. The number of nitrogen functional groups attached to an aromatic ring is 1. The summed E-state index contributed by atoms with van der Waals surface area (Å²) in [5, 5.41) is 2.73. The lowest BCUT2D eigenvalue weighted by Gasteiger charge is -2.12. The third kappa shape index (κ3) is 3.26. The Morgan fingerprint density at radius 3 is 2.40 bits per heavy atom. The average molecular weight is 220 g/mol. The van der Waals surface area contributed by atoms with Crippen LogP contribution in [0.1, 0.15) is 19.5 Å². The first kappa shape index (κ1) is 11.5. The molecule has 0 radical (unpaired) electrons. The summed E-state index contributed by atoms with van der Waals surface area (Å²) in [7, 11) is 0. The van der Waals surface area contributed by atoms with Crippen molar-refractivity contribution < 1.29 is 13.2 Å². The van der Waals surface area contributed by atoms with E-state index in [1.165, 1.54) is 0 Å². The van der Waals surface area contributed by atoms with Crippen LogP contribution in [0.3, 0.4) is 0 Å². The molecular formula is C8H11F3N4. The highest BCUT2D eigenvalue weighted by atomic mass is 19.4. The highest BCUT2D eigenvalue weighted by Crippen LogP contribution is 2.29. The molecule has 0 unspecified atom stereocenters. The summed E-state index contributed by atoms with van der Waals surface area (Å²) in [6.45, 7) is 3.57. The fourth-order valence-electron chi connectivity index (χ4n) is 0.981. The highest BCUT2D eigenvalue weighted by Gasteiger charge is 2.33. The Balaban J connectivity index is 3.06. The van der Waals surface area contributed by atoms with Crippen molar-refractivity contribution in [3.8, 4) is 0 Å². The van der Waals surface area contributed by atoms with Gasteiger partial charge in [0.15, 0.2) is 5.69 Å². The Morgan fingerprint density at radius 1 is 1.33 bits per heavy atom. The average Bonchev–Trinajstić information content (AvgIpc) is 1.99. The van der Waals surface area contributed by atoms with Gasteiger partial charge in [-0.2, -0.15) is 18.2 Å². The molecule has 0 aliphatic rings. The Kier molecular flexibility index (Phi) is 3.01. The number of halogens is 3. The Hall–Kier alpha value is -1.53. The molecule has 1 rings (SSSR count). The minimum atomic E-state index is -4.51. The first-order chi connectivity index (χ1) is 6.79. The van der Waals surface area contributed by atoms with E-state index in [0.29, 0.717) is 0 Å². The molecule has 0 saturated carbocycles. The van der Waals surface area contributed by atoms with Crippen LogP contribution in [0.25, 0.3) is 0 Å². The molecule has 0 spiro atoms. The molecule has 1 heterocycles. The number of nitrogens with one attached hydrogen (secondary N) is 1. The van der Waals surface area contributed by atoms with Crippen LogP contribution < -0.4 is 11.1 Å². The molecule has 0 aliphatic heterocycles. The van der Waals surface area contributed by atoms with Gasteiger partial charge in [-0.3, -0.25) is 0 Å². The fraction of sp³-hybridized carbons (Fsp3) is 0.500. The predicted molar refractivity (Wildman–Crippen MR) is 50.2 cm³/mol. The molecule has 0 aliphatic carbocycles. The zero-order valence-electron chi connectivity index (χ0n) is 8.26. The SMILES string of the molecule is CC(C)Nc1cc(C(F)(F)F)nc(N)n1. The van der Waals surface area contributed by atoms with E-state index in [1.54, 1.807) is 13.8 Å². The number of alkyl halides is 3. The third-order valence-electron chi connectivity index (χ3n) is 1.47. The van der Waals surface area contributed by atoms with Crippen LogP contribution in [0.4, 0.5) is 24.9 Å². The molecule has 4 nitrogen and oxygen atoms in total. The summed E-state index contributed by atoms with van der Waals surface area (Å²) < 4.78 is 36.9. The standard InChI is InChI=1S/C8H11F3N4/c1-4(2)13-6-3-5(8(9,10)11)14-7(12)15-6/h3-4H,1-2H3,(H3,12,13,14,15). The molecule has 1 aromatic heterocycles. The number of hydrogen-bond acceptors (Lipinski definition) is 4. The molecule has 0 aromatic carbocycles. The van der Waals surface area contributed by atoms with Gasteiger partial charge in [-0.1, -0.05) is 0 Å². The molecule has 0 atom stereocenters. The molecule has 0 bridgehead atoms. The minimum absolute atomic E-state index is 0.0274. The van der Waals surface area contributed by atoms with Crippen LogP contribution in [-0.4, -0.2) is 16.0 Å². The number of hydrogen-bond donors (Lipinski definition) is 2. The largest absolute Gasteiger partial charge is 0.433 e. The van der Waals surface area contributed by atoms with E-state index in [4.69, 9.17) is 5.73 Å². The lowest BCUT2D eigenvalue weighted by Crippen LogP contribution is -2.16. The quantitative estimate of drug-likeness (QED) is 0.798. The van der Waals surface area contributed by atoms with Crippen molar-refractivity contribution in [3.63, 3.8) is 0 Å². The van der Waals surface area contributed by atoms with Gasteiger partial charge in [0.2, 0.25) is 5.95 Å². The minimum Gasteiger partial charge on any atom is -0.368 e. The van der Waals surface area contributed by atoms with Crippen molar-refractivity contribution in [3.05, 3.63) is 11.8 Å². The smallest absolute Gasteiger partial charge is 0.368 e. The first-order valence-corrected chi connectivity index (χ1v) is 4.27. The number of rotatable bonds is 2. The van der Waals surface area contributed by atoms with Crippen LogP contribution in [0, 0.1) is 0 Å². The molecule has 1 aromatic rings. The van der Waals surface area contributed by atoms with Gasteiger partial charge in [0, 0.05) is 12.1 Å². The van der Waals surface area contributed by atoms with Gasteiger partial charge in [-0.05, 0) is 13.8 Å². The van der Waals surface area contributed by atoms with Crippen molar-refractivity contribution in [1.29, 1.82) is 0 Å².